The van der Waals surface area contributed by atoms with E-state index in [9.17, 15) is 24.6 Å². The van der Waals surface area contributed by atoms with Crippen molar-refractivity contribution < 1.29 is 38.8 Å². The third kappa shape index (κ3) is 4.31. The molecule has 0 spiro atoms. The van der Waals surface area contributed by atoms with E-state index in [0.29, 0.717) is 24.8 Å². The fourth-order valence-corrected chi connectivity index (χ4v) is 9.99. The highest BCUT2D eigenvalue weighted by molar-refractivity contribution is 5.89. The smallest absolute Gasteiger partial charge is 0.333 e. The van der Waals surface area contributed by atoms with E-state index >= 15 is 0 Å². The second-order valence-electron chi connectivity index (χ2n) is 13.5. The first-order chi connectivity index (χ1) is 18.4. The number of Topliss-reactive ketones (excluding diaryl/α,β-unsaturated/α-hetero) is 1. The van der Waals surface area contributed by atoms with E-state index in [1.807, 2.05) is 6.92 Å². The van der Waals surface area contributed by atoms with Crippen molar-refractivity contribution >= 4 is 17.7 Å². The second-order valence-corrected chi connectivity index (χ2v) is 13.5. The van der Waals surface area contributed by atoms with Crippen molar-refractivity contribution in [2.24, 2.45) is 46.3 Å². The maximum absolute atomic E-state index is 13.7. The number of hydrogen-bond acceptors (Lipinski definition) is 8. The summed E-state index contributed by atoms with van der Waals surface area (Å²) < 4.78 is 17.1. The van der Waals surface area contributed by atoms with E-state index in [1.165, 1.54) is 6.92 Å². The van der Waals surface area contributed by atoms with Gasteiger partial charge in [-0.1, -0.05) is 19.4 Å². The third-order valence-electron chi connectivity index (χ3n) is 12.1. The molecule has 1 aliphatic heterocycles. The van der Waals surface area contributed by atoms with E-state index in [-0.39, 0.29) is 72.4 Å². The lowest BCUT2D eigenvalue weighted by Crippen LogP contribution is -2.63. The molecule has 1 unspecified atom stereocenters. The van der Waals surface area contributed by atoms with E-state index in [4.69, 9.17) is 14.2 Å². The number of aliphatic hydroxyl groups excluding tert-OH is 2. The summed E-state index contributed by atoms with van der Waals surface area (Å²) in [6, 6.07) is 0. The second kappa shape index (κ2) is 10.3. The molecule has 39 heavy (non-hydrogen) atoms. The molecule has 218 valence electrons. The maximum atomic E-state index is 13.7. The fraction of sp³-hybridized carbons (Fsp3) is 0.839. The van der Waals surface area contributed by atoms with Crippen LogP contribution < -0.4 is 0 Å². The summed E-state index contributed by atoms with van der Waals surface area (Å²) in [6.45, 7) is 9.51. The van der Waals surface area contributed by atoms with Crippen LogP contribution in [0.3, 0.4) is 0 Å². The van der Waals surface area contributed by atoms with Gasteiger partial charge in [0.1, 0.15) is 11.9 Å². The van der Waals surface area contributed by atoms with Gasteiger partial charge in [0.05, 0.1) is 24.9 Å². The monoisotopic (exact) mass is 546 g/mol. The Morgan fingerprint density at radius 2 is 1.82 bits per heavy atom. The highest BCUT2D eigenvalue weighted by Gasteiger charge is 2.68. The Bertz CT molecular complexity index is 1050. The maximum Gasteiger partial charge on any atom is 0.333 e. The van der Waals surface area contributed by atoms with Gasteiger partial charge in [-0.3, -0.25) is 9.59 Å². The predicted molar refractivity (Wildman–Crippen MR) is 142 cm³/mol. The Kier molecular flexibility index (Phi) is 7.56. The Morgan fingerprint density at radius 1 is 1.10 bits per heavy atom. The van der Waals surface area contributed by atoms with Gasteiger partial charge >= 0.3 is 11.9 Å². The number of ketones is 1. The minimum Gasteiger partial charge on any atom is -0.465 e. The number of rotatable bonds is 5. The van der Waals surface area contributed by atoms with Gasteiger partial charge < -0.3 is 24.4 Å². The van der Waals surface area contributed by atoms with Gasteiger partial charge in [0.2, 0.25) is 0 Å². The van der Waals surface area contributed by atoms with Gasteiger partial charge in [-0.15, -0.1) is 0 Å². The van der Waals surface area contributed by atoms with Crippen LogP contribution in [-0.2, 0) is 28.6 Å². The average molecular weight is 547 g/mol. The molecule has 5 aliphatic rings. The number of aliphatic hydroxyl groups is 2. The van der Waals surface area contributed by atoms with Crippen molar-refractivity contribution in [3.63, 3.8) is 0 Å². The lowest BCUT2D eigenvalue weighted by atomic mass is 9.43. The molecule has 0 radical (unpaired) electrons. The molecule has 5 rings (SSSR count). The molecule has 4 aliphatic carbocycles. The zero-order chi connectivity index (χ0) is 28.4. The molecule has 4 fully saturated rings. The highest BCUT2D eigenvalue weighted by Crippen LogP contribution is 2.68. The van der Waals surface area contributed by atoms with E-state index in [1.54, 1.807) is 14.0 Å². The number of carbonyl (C=O) groups is 3. The summed E-state index contributed by atoms with van der Waals surface area (Å²) in [4.78, 5) is 38.3. The number of cyclic esters (lactones) is 1. The van der Waals surface area contributed by atoms with Crippen molar-refractivity contribution in [2.45, 2.75) is 104 Å². The zero-order valence-electron chi connectivity index (χ0n) is 24.3. The van der Waals surface area contributed by atoms with Gasteiger partial charge in [-0.25, -0.2) is 4.79 Å². The van der Waals surface area contributed by atoms with Crippen molar-refractivity contribution in [1.29, 1.82) is 0 Å². The van der Waals surface area contributed by atoms with E-state index < -0.39 is 29.1 Å². The molecule has 0 bridgehead atoms. The molecular formula is C31H46O8. The van der Waals surface area contributed by atoms with Gasteiger partial charge in [0, 0.05) is 49.2 Å². The largest absolute Gasteiger partial charge is 0.465 e. The summed E-state index contributed by atoms with van der Waals surface area (Å²) in [5.41, 5.74) is 0.563. The molecule has 2 N–H and O–H groups in total. The van der Waals surface area contributed by atoms with Gasteiger partial charge in [0.25, 0.3) is 0 Å². The summed E-state index contributed by atoms with van der Waals surface area (Å²) in [7, 11) is 1.56. The lowest BCUT2D eigenvalue weighted by Gasteiger charge is -2.61. The Labute approximate surface area is 231 Å². The van der Waals surface area contributed by atoms with E-state index in [0.717, 1.165) is 24.8 Å². The van der Waals surface area contributed by atoms with Crippen molar-refractivity contribution in [3.05, 3.63) is 11.1 Å². The minimum absolute atomic E-state index is 0.0681. The molecule has 1 heterocycles. The van der Waals surface area contributed by atoms with Crippen molar-refractivity contribution in [3.8, 4) is 0 Å². The van der Waals surface area contributed by atoms with Crippen LogP contribution in [0.1, 0.15) is 79.6 Å². The Balaban J connectivity index is 1.48. The normalized spacial score (nSPS) is 46.6. The molecule has 0 aromatic rings. The number of carbonyl (C=O) groups excluding carboxylic acids is 3. The molecule has 0 aromatic heterocycles. The SMILES string of the molecule is COC1CC(=O)[C@@]2(C)[C@H](CC[C@H]3[C@@H]4C[C@@H](O)[C@H]([C@H](C)[C@H]5CC(C)=C(C)C(=O)O5)[C@@]4(COC(C)=O)CC[C@@H]32)[C@H]1O. The van der Waals surface area contributed by atoms with Crippen molar-refractivity contribution in [1.82, 2.24) is 0 Å². The fourth-order valence-electron chi connectivity index (χ4n) is 9.99. The predicted octanol–water partition coefficient (Wildman–Crippen LogP) is 3.61. The molecule has 8 nitrogen and oxygen atoms in total. The third-order valence-corrected chi connectivity index (χ3v) is 12.1. The van der Waals surface area contributed by atoms with Crippen molar-refractivity contribution in [2.75, 3.05) is 13.7 Å². The van der Waals surface area contributed by atoms with Crippen LogP contribution in [0.4, 0.5) is 0 Å². The standard InChI is InChI=1S/C31H46O8/c1-15-11-24(39-29(36)16(15)2)17(3)27-23(33)12-22-19-7-8-21-28(35)25(37-6)13-26(34)30(21,5)20(19)9-10-31(22,27)14-38-18(4)32/h17,19-25,27-28,33,35H,7-14H2,1-6H3/t17-,19-,20+,21-,22+,23-,24-,25?,27+,28-,30-,31-/m1/s1. The lowest BCUT2D eigenvalue weighted by molar-refractivity contribution is -0.194. The highest BCUT2D eigenvalue weighted by atomic mass is 16.5. The Hall–Kier alpha value is -1.77. The number of ether oxygens (including phenoxy) is 3. The quantitative estimate of drug-likeness (QED) is 0.502. The van der Waals surface area contributed by atoms with Crippen LogP contribution in [0, 0.1) is 46.3 Å². The molecule has 0 saturated heterocycles. The molecule has 0 aromatic carbocycles. The van der Waals surface area contributed by atoms with Gasteiger partial charge in [0.15, 0.2) is 0 Å². The molecule has 4 saturated carbocycles. The zero-order valence-corrected chi connectivity index (χ0v) is 24.3. The first-order valence-corrected chi connectivity index (χ1v) is 14.8. The number of hydrogen-bond donors (Lipinski definition) is 2. The molecular weight excluding hydrogens is 500 g/mol. The summed E-state index contributed by atoms with van der Waals surface area (Å²) in [5, 5.41) is 22.8. The first-order valence-electron chi connectivity index (χ1n) is 14.8. The summed E-state index contributed by atoms with van der Waals surface area (Å²) in [6.07, 6.45) is 2.39. The number of esters is 2. The first kappa shape index (κ1) is 28.7. The van der Waals surface area contributed by atoms with Crippen LogP contribution in [0.15, 0.2) is 11.1 Å². The molecule has 0 amide bonds. The average Bonchev–Trinajstić information content (AvgIpc) is 3.19. The molecule has 8 heteroatoms. The van der Waals surface area contributed by atoms with Crippen LogP contribution in [0.5, 0.6) is 0 Å². The summed E-state index contributed by atoms with van der Waals surface area (Å²) in [5.74, 6) is -0.619. The summed E-state index contributed by atoms with van der Waals surface area (Å²) >= 11 is 0. The van der Waals surface area contributed by atoms with Gasteiger partial charge in [-0.05, 0) is 75.5 Å². The van der Waals surface area contributed by atoms with Gasteiger partial charge in [-0.2, -0.15) is 0 Å². The van der Waals surface area contributed by atoms with Crippen LogP contribution in [-0.4, -0.2) is 66.1 Å². The Morgan fingerprint density at radius 3 is 2.46 bits per heavy atom. The molecule has 12 atom stereocenters. The number of fused-ring (bicyclic) bond motifs is 5. The topological polar surface area (TPSA) is 119 Å². The van der Waals surface area contributed by atoms with Crippen LogP contribution >= 0.6 is 0 Å². The number of methoxy groups -OCH3 is 1. The van der Waals surface area contributed by atoms with Crippen LogP contribution in [0.25, 0.3) is 0 Å². The minimum atomic E-state index is -0.672. The van der Waals surface area contributed by atoms with Crippen LogP contribution in [0.2, 0.25) is 0 Å². The van der Waals surface area contributed by atoms with E-state index in [2.05, 4.69) is 13.8 Å².